The van der Waals surface area contributed by atoms with Crippen LogP contribution in [0.1, 0.15) is 27.0 Å². The number of aryl methyl sites for hydroxylation is 1. The van der Waals surface area contributed by atoms with Crippen molar-refractivity contribution in [3.05, 3.63) is 87.3 Å². The van der Waals surface area contributed by atoms with E-state index in [4.69, 9.17) is 5.26 Å². The summed E-state index contributed by atoms with van der Waals surface area (Å²) in [5.74, 6) is -0.130. The number of pyridine rings is 2. The van der Waals surface area contributed by atoms with Crippen LogP contribution in [0.5, 0.6) is 0 Å². The van der Waals surface area contributed by atoms with E-state index in [1.54, 1.807) is 18.0 Å². The van der Waals surface area contributed by atoms with Gasteiger partial charge in [-0.3, -0.25) is 14.6 Å². The molecule has 29 heavy (non-hydrogen) atoms. The van der Waals surface area contributed by atoms with E-state index < -0.39 is 0 Å². The SMILES string of the molecule is Cc1cc2cc(C(=O)N(C)Cc3ccccc3)cnc2c2[nH]cc(C#N)c(=O)c12. The first-order valence-corrected chi connectivity index (χ1v) is 9.14. The number of rotatable bonds is 3. The Kier molecular flexibility index (Phi) is 4.57. The molecule has 0 aliphatic carbocycles. The standard InChI is InChI=1S/C23H18N4O2/c1-14-8-16-9-17(23(29)27(2)13-15-6-4-3-5-7-15)11-25-20(16)21-19(14)22(28)18(10-24)12-26-21/h3-9,11-12H,13H2,1-2H3,(H,26,28). The molecule has 0 saturated carbocycles. The van der Waals surface area contributed by atoms with Crippen LogP contribution in [0.4, 0.5) is 0 Å². The normalized spacial score (nSPS) is 10.8. The number of H-pyrrole nitrogens is 1. The van der Waals surface area contributed by atoms with Gasteiger partial charge in [-0.05, 0) is 30.2 Å². The molecule has 0 fully saturated rings. The highest BCUT2D eigenvalue weighted by Crippen LogP contribution is 2.25. The van der Waals surface area contributed by atoms with Gasteiger partial charge in [0, 0.05) is 31.4 Å². The molecule has 0 unspecified atom stereocenters. The van der Waals surface area contributed by atoms with E-state index in [2.05, 4.69) is 9.97 Å². The Morgan fingerprint density at radius 3 is 2.72 bits per heavy atom. The van der Waals surface area contributed by atoms with Crippen LogP contribution < -0.4 is 5.43 Å². The molecular formula is C23H18N4O2. The number of benzene rings is 2. The van der Waals surface area contributed by atoms with E-state index in [-0.39, 0.29) is 16.9 Å². The molecule has 2 aromatic heterocycles. The van der Waals surface area contributed by atoms with Crippen molar-refractivity contribution in [2.45, 2.75) is 13.5 Å². The average Bonchev–Trinajstić information content (AvgIpc) is 2.73. The molecule has 6 heteroatoms. The quantitative estimate of drug-likeness (QED) is 0.549. The van der Waals surface area contributed by atoms with Crippen molar-refractivity contribution in [2.24, 2.45) is 0 Å². The fourth-order valence-electron chi connectivity index (χ4n) is 3.55. The number of nitrogens with one attached hydrogen (secondary N) is 1. The minimum atomic E-state index is -0.315. The van der Waals surface area contributed by atoms with E-state index in [1.165, 1.54) is 12.4 Å². The summed E-state index contributed by atoms with van der Waals surface area (Å²) in [5.41, 5.74) is 3.17. The maximum atomic E-state index is 12.9. The van der Waals surface area contributed by atoms with Gasteiger partial charge >= 0.3 is 0 Å². The van der Waals surface area contributed by atoms with Crippen LogP contribution in [0.2, 0.25) is 0 Å². The van der Waals surface area contributed by atoms with Gasteiger partial charge < -0.3 is 9.88 Å². The molecule has 1 amide bonds. The van der Waals surface area contributed by atoms with Gasteiger partial charge in [-0.15, -0.1) is 0 Å². The first-order chi connectivity index (χ1) is 14.0. The molecule has 0 aliphatic heterocycles. The van der Waals surface area contributed by atoms with Crippen LogP contribution in [-0.4, -0.2) is 27.8 Å². The second-order valence-corrected chi connectivity index (χ2v) is 7.03. The zero-order chi connectivity index (χ0) is 20.5. The second kappa shape index (κ2) is 7.21. The Morgan fingerprint density at radius 2 is 2.00 bits per heavy atom. The zero-order valence-electron chi connectivity index (χ0n) is 16.1. The Bertz CT molecular complexity index is 1350. The Labute approximate surface area is 167 Å². The Hall–Kier alpha value is -3.98. The summed E-state index contributed by atoms with van der Waals surface area (Å²) >= 11 is 0. The fourth-order valence-corrected chi connectivity index (χ4v) is 3.55. The minimum Gasteiger partial charge on any atom is -0.358 e. The number of carbonyl (C=O) groups excluding carboxylic acids is 1. The lowest BCUT2D eigenvalue weighted by Crippen LogP contribution is -2.26. The summed E-state index contributed by atoms with van der Waals surface area (Å²) in [6.45, 7) is 2.31. The number of nitrogens with zero attached hydrogens (tertiary/aromatic N) is 3. The molecule has 0 saturated heterocycles. The van der Waals surface area contributed by atoms with Crippen molar-refractivity contribution in [3.63, 3.8) is 0 Å². The maximum absolute atomic E-state index is 12.9. The van der Waals surface area contributed by atoms with Gasteiger partial charge in [0.05, 0.1) is 22.0 Å². The highest BCUT2D eigenvalue weighted by atomic mass is 16.2. The van der Waals surface area contributed by atoms with Gasteiger partial charge in [-0.2, -0.15) is 5.26 Å². The molecule has 4 rings (SSSR count). The average molecular weight is 382 g/mol. The molecule has 2 aromatic carbocycles. The van der Waals surface area contributed by atoms with Crippen molar-refractivity contribution in [1.82, 2.24) is 14.9 Å². The van der Waals surface area contributed by atoms with Crippen LogP contribution in [0.25, 0.3) is 21.8 Å². The van der Waals surface area contributed by atoms with E-state index >= 15 is 0 Å². The summed E-state index contributed by atoms with van der Waals surface area (Å²) in [5, 5.41) is 10.3. The summed E-state index contributed by atoms with van der Waals surface area (Å²) in [4.78, 5) is 34.5. The van der Waals surface area contributed by atoms with Crippen molar-refractivity contribution >= 4 is 27.7 Å². The first kappa shape index (κ1) is 18.4. The molecule has 1 N–H and O–H groups in total. The highest BCUT2D eigenvalue weighted by Gasteiger charge is 2.16. The Morgan fingerprint density at radius 1 is 1.24 bits per heavy atom. The van der Waals surface area contributed by atoms with Gasteiger partial charge in [0.15, 0.2) is 0 Å². The predicted octanol–water partition coefficient (Wildman–Crippen LogP) is 3.53. The summed E-state index contributed by atoms with van der Waals surface area (Å²) in [7, 11) is 1.76. The molecule has 142 valence electrons. The zero-order valence-corrected chi connectivity index (χ0v) is 16.1. The number of hydrogen-bond donors (Lipinski definition) is 1. The van der Waals surface area contributed by atoms with Gasteiger partial charge in [0.2, 0.25) is 5.43 Å². The number of aromatic nitrogens is 2. The van der Waals surface area contributed by atoms with Crippen molar-refractivity contribution in [3.8, 4) is 6.07 Å². The predicted molar refractivity (Wildman–Crippen MR) is 112 cm³/mol. The van der Waals surface area contributed by atoms with Gasteiger partial charge in [-0.25, -0.2) is 0 Å². The van der Waals surface area contributed by atoms with Crippen LogP contribution >= 0.6 is 0 Å². The number of fused-ring (bicyclic) bond motifs is 3. The number of amides is 1. The van der Waals surface area contributed by atoms with Crippen LogP contribution in [0.3, 0.4) is 0 Å². The number of hydrogen-bond acceptors (Lipinski definition) is 4. The minimum absolute atomic E-state index is 0.0642. The van der Waals surface area contributed by atoms with E-state index in [0.29, 0.717) is 28.5 Å². The highest BCUT2D eigenvalue weighted by molar-refractivity contribution is 6.06. The van der Waals surface area contributed by atoms with Crippen molar-refractivity contribution < 1.29 is 4.79 Å². The topological polar surface area (TPSA) is 89.8 Å². The summed E-state index contributed by atoms with van der Waals surface area (Å²) in [6.07, 6.45) is 2.93. The molecular weight excluding hydrogens is 364 g/mol. The summed E-state index contributed by atoms with van der Waals surface area (Å²) < 4.78 is 0. The summed E-state index contributed by atoms with van der Waals surface area (Å²) in [6, 6.07) is 15.3. The lowest BCUT2D eigenvalue weighted by molar-refractivity contribution is 0.0785. The van der Waals surface area contributed by atoms with Gasteiger partial charge in [0.1, 0.15) is 11.6 Å². The number of nitriles is 1. The third-order valence-corrected chi connectivity index (χ3v) is 4.98. The third-order valence-electron chi connectivity index (χ3n) is 4.98. The van der Waals surface area contributed by atoms with Crippen molar-refractivity contribution in [1.29, 1.82) is 5.26 Å². The number of aromatic amines is 1. The van der Waals surface area contributed by atoms with Crippen LogP contribution in [0.15, 0.2) is 59.7 Å². The third kappa shape index (κ3) is 3.23. The smallest absolute Gasteiger partial charge is 0.255 e. The fraction of sp³-hybridized carbons (Fsp3) is 0.130. The van der Waals surface area contributed by atoms with Crippen LogP contribution in [0, 0.1) is 18.3 Å². The molecule has 0 spiro atoms. The van der Waals surface area contributed by atoms with E-state index in [1.807, 2.05) is 49.4 Å². The second-order valence-electron chi connectivity index (χ2n) is 7.03. The molecule has 0 bridgehead atoms. The van der Waals surface area contributed by atoms with Gasteiger partial charge in [0.25, 0.3) is 5.91 Å². The van der Waals surface area contributed by atoms with Crippen molar-refractivity contribution in [2.75, 3.05) is 7.05 Å². The molecule has 6 nitrogen and oxygen atoms in total. The lowest BCUT2D eigenvalue weighted by Gasteiger charge is -2.17. The molecule has 0 aliphatic rings. The maximum Gasteiger partial charge on any atom is 0.255 e. The molecule has 0 atom stereocenters. The molecule has 2 heterocycles. The molecule has 0 radical (unpaired) electrons. The monoisotopic (exact) mass is 382 g/mol. The largest absolute Gasteiger partial charge is 0.358 e. The van der Waals surface area contributed by atoms with E-state index in [9.17, 15) is 9.59 Å². The molecule has 4 aromatic rings. The number of carbonyl (C=O) groups is 1. The van der Waals surface area contributed by atoms with Gasteiger partial charge in [-0.1, -0.05) is 30.3 Å². The first-order valence-electron chi connectivity index (χ1n) is 9.14. The van der Waals surface area contributed by atoms with Crippen LogP contribution in [-0.2, 0) is 6.54 Å². The lowest BCUT2D eigenvalue weighted by atomic mass is 10.0. The Balaban J connectivity index is 1.77. The van der Waals surface area contributed by atoms with E-state index in [0.717, 1.165) is 16.5 Å².